The minimum Gasteiger partial charge on any atom is -0.497 e. The third kappa shape index (κ3) is 3.99. The van der Waals surface area contributed by atoms with Gasteiger partial charge in [0.2, 0.25) is 0 Å². The van der Waals surface area contributed by atoms with Crippen LogP contribution in [0, 0.1) is 12.3 Å². The third-order valence-electron chi connectivity index (χ3n) is 3.84. The van der Waals surface area contributed by atoms with Gasteiger partial charge in [-0.25, -0.2) is 0 Å². The molecule has 0 aliphatic rings. The van der Waals surface area contributed by atoms with Gasteiger partial charge in [-0.2, -0.15) is 0 Å². The van der Waals surface area contributed by atoms with E-state index in [0.717, 1.165) is 16.6 Å². The molecule has 1 heterocycles. The first-order valence-corrected chi connectivity index (χ1v) is 7.64. The normalized spacial score (nSPS) is 13.0. The van der Waals surface area contributed by atoms with Gasteiger partial charge in [0.1, 0.15) is 5.75 Å². The van der Waals surface area contributed by atoms with Gasteiger partial charge in [-0.1, -0.05) is 20.8 Å². The van der Waals surface area contributed by atoms with Crippen LogP contribution in [0.25, 0.3) is 10.9 Å². The van der Waals surface area contributed by atoms with E-state index in [1.54, 1.807) is 19.2 Å². The lowest BCUT2D eigenvalue weighted by Gasteiger charge is -2.26. The Labute approximate surface area is 136 Å². The van der Waals surface area contributed by atoms with Crippen LogP contribution in [0.15, 0.2) is 24.3 Å². The van der Waals surface area contributed by atoms with Crippen molar-refractivity contribution < 1.29 is 14.6 Å². The summed E-state index contributed by atoms with van der Waals surface area (Å²) in [6.45, 7) is 7.85. The molecule has 1 amide bonds. The van der Waals surface area contributed by atoms with E-state index in [4.69, 9.17) is 4.74 Å². The molecule has 2 rings (SSSR count). The molecule has 1 aromatic carbocycles. The number of rotatable bonds is 4. The van der Waals surface area contributed by atoms with Crippen LogP contribution in [0.1, 0.15) is 36.8 Å². The molecule has 0 saturated heterocycles. The molecule has 0 saturated carbocycles. The van der Waals surface area contributed by atoms with Crippen molar-refractivity contribution >= 4 is 16.8 Å². The van der Waals surface area contributed by atoms with Crippen LogP contribution in [0.3, 0.4) is 0 Å². The lowest BCUT2D eigenvalue weighted by Crippen LogP contribution is -2.39. The molecule has 5 heteroatoms. The van der Waals surface area contributed by atoms with Gasteiger partial charge in [-0.3, -0.25) is 9.78 Å². The summed E-state index contributed by atoms with van der Waals surface area (Å²) in [4.78, 5) is 17.0. The molecule has 1 atom stereocenters. The van der Waals surface area contributed by atoms with Crippen molar-refractivity contribution in [2.24, 2.45) is 5.41 Å². The fourth-order valence-electron chi connectivity index (χ4n) is 2.24. The largest absolute Gasteiger partial charge is 0.497 e. The monoisotopic (exact) mass is 316 g/mol. The first kappa shape index (κ1) is 17.2. The molecule has 2 N–H and O–H groups in total. The predicted octanol–water partition coefficient (Wildman–Crippen LogP) is 2.69. The Bertz CT molecular complexity index is 720. The summed E-state index contributed by atoms with van der Waals surface area (Å²) >= 11 is 0. The number of nitrogens with one attached hydrogen (secondary N) is 1. The fraction of sp³-hybridized carbons (Fsp3) is 0.444. The molecule has 0 fully saturated rings. The van der Waals surface area contributed by atoms with E-state index < -0.39 is 6.10 Å². The first-order chi connectivity index (χ1) is 10.7. The standard InChI is InChI=1S/C18H24N2O3/c1-11-8-14(17(22)19-10-16(21)18(2,3)4)13-9-12(23-5)6-7-15(13)20-11/h6-9,16,21H,10H2,1-5H3,(H,19,22). The second-order valence-electron chi connectivity index (χ2n) is 6.79. The zero-order chi connectivity index (χ0) is 17.2. The van der Waals surface area contributed by atoms with E-state index >= 15 is 0 Å². The summed E-state index contributed by atoms with van der Waals surface area (Å²) in [5.41, 5.74) is 1.76. The number of methoxy groups -OCH3 is 1. The fourth-order valence-corrected chi connectivity index (χ4v) is 2.24. The summed E-state index contributed by atoms with van der Waals surface area (Å²) in [6.07, 6.45) is -0.616. The average molecular weight is 316 g/mol. The number of pyridine rings is 1. The molecule has 23 heavy (non-hydrogen) atoms. The molecule has 1 aromatic heterocycles. The van der Waals surface area contributed by atoms with E-state index in [-0.39, 0.29) is 17.9 Å². The highest BCUT2D eigenvalue weighted by Gasteiger charge is 2.23. The van der Waals surface area contributed by atoms with E-state index in [0.29, 0.717) is 11.3 Å². The van der Waals surface area contributed by atoms with Crippen LogP contribution in [0.2, 0.25) is 0 Å². The summed E-state index contributed by atoms with van der Waals surface area (Å²) in [5, 5.41) is 13.6. The first-order valence-electron chi connectivity index (χ1n) is 7.64. The summed E-state index contributed by atoms with van der Waals surface area (Å²) in [7, 11) is 1.59. The molecule has 0 radical (unpaired) electrons. The Morgan fingerprint density at radius 2 is 2.04 bits per heavy atom. The van der Waals surface area contributed by atoms with Crippen molar-refractivity contribution in [1.29, 1.82) is 0 Å². The Kier molecular flexibility index (Phi) is 4.90. The maximum Gasteiger partial charge on any atom is 0.252 e. The maximum atomic E-state index is 12.6. The lowest BCUT2D eigenvalue weighted by atomic mass is 9.89. The minimum absolute atomic E-state index is 0.204. The number of aryl methyl sites for hydroxylation is 1. The Hall–Kier alpha value is -2.14. The van der Waals surface area contributed by atoms with Gasteiger partial charge in [0.05, 0.1) is 24.3 Å². The number of benzene rings is 1. The van der Waals surface area contributed by atoms with Gasteiger partial charge < -0.3 is 15.2 Å². The number of fused-ring (bicyclic) bond motifs is 1. The number of hydrogen-bond donors (Lipinski definition) is 2. The highest BCUT2D eigenvalue weighted by molar-refractivity contribution is 6.06. The molecule has 0 spiro atoms. The topological polar surface area (TPSA) is 71.5 Å². The van der Waals surface area contributed by atoms with Crippen molar-refractivity contribution in [2.45, 2.75) is 33.8 Å². The zero-order valence-corrected chi connectivity index (χ0v) is 14.3. The summed E-state index contributed by atoms with van der Waals surface area (Å²) < 4.78 is 5.23. The van der Waals surface area contributed by atoms with Crippen molar-refractivity contribution in [3.63, 3.8) is 0 Å². The number of nitrogens with zero attached hydrogens (tertiary/aromatic N) is 1. The van der Waals surface area contributed by atoms with E-state index in [1.165, 1.54) is 0 Å². The molecule has 5 nitrogen and oxygen atoms in total. The number of ether oxygens (including phenoxy) is 1. The third-order valence-corrected chi connectivity index (χ3v) is 3.84. The molecule has 0 bridgehead atoms. The van der Waals surface area contributed by atoms with Crippen LogP contribution in [0.4, 0.5) is 0 Å². The van der Waals surface area contributed by atoms with Gasteiger partial charge in [0.25, 0.3) is 5.91 Å². The maximum absolute atomic E-state index is 12.6. The minimum atomic E-state index is -0.616. The van der Waals surface area contributed by atoms with Crippen LogP contribution < -0.4 is 10.1 Å². The number of carbonyl (C=O) groups is 1. The van der Waals surface area contributed by atoms with E-state index in [2.05, 4.69) is 10.3 Å². The molecule has 0 aliphatic heterocycles. The van der Waals surface area contributed by atoms with Crippen LogP contribution in [-0.4, -0.2) is 35.8 Å². The molecular formula is C18H24N2O3. The average Bonchev–Trinajstić information content (AvgIpc) is 2.49. The van der Waals surface area contributed by atoms with Crippen molar-refractivity contribution in [3.05, 3.63) is 35.5 Å². The molecule has 124 valence electrons. The number of aromatic nitrogens is 1. The van der Waals surface area contributed by atoms with Gasteiger partial charge in [-0.15, -0.1) is 0 Å². The van der Waals surface area contributed by atoms with Gasteiger partial charge in [-0.05, 0) is 36.6 Å². The Morgan fingerprint density at radius 1 is 1.35 bits per heavy atom. The number of aliphatic hydroxyl groups excluding tert-OH is 1. The number of amides is 1. The van der Waals surface area contributed by atoms with Crippen LogP contribution in [-0.2, 0) is 0 Å². The second-order valence-corrected chi connectivity index (χ2v) is 6.79. The Morgan fingerprint density at radius 3 is 2.65 bits per heavy atom. The summed E-state index contributed by atoms with van der Waals surface area (Å²) in [5.74, 6) is 0.448. The van der Waals surface area contributed by atoms with E-state index in [9.17, 15) is 9.90 Å². The molecular weight excluding hydrogens is 292 g/mol. The SMILES string of the molecule is COc1ccc2nc(C)cc(C(=O)NCC(O)C(C)(C)C)c2c1. The molecule has 1 unspecified atom stereocenters. The van der Waals surface area contributed by atoms with Gasteiger partial charge in [0, 0.05) is 17.6 Å². The van der Waals surface area contributed by atoms with Crippen LogP contribution >= 0.6 is 0 Å². The Balaban J connectivity index is 2.32. The van der Waals surface area contributed by atoms with E-state index in [1.807, 2.05) is 39.8 Å². The van der Waals surface area contributed by atoms with Gasteiger partial charge >= 0.3 is 0 Å². The number of aliphatic hydroxyl groups is 1. The number of hydrogen-bond acceptors (Lipinski definition) is 4. The summed E-state index contributed by atoms with van der Waals surface area (Å²) in [6, 6.07) is 7.21. The molecule has 2 aromatic rings. The van der Waals surface area contributed by atoms with Crippen molar-refractivity contribution in [2.75, 3.05) is 13.7 Å². The predicted molar refractivity (Wildman–Crippen MR) is 90.8 cm³/mol. The highest BCUT2D eigenvalue weighted by atomic mass is 16.5. The smallest absolute Gasteiger partial charge is 0.252 e. The zero-order valence-electron chi connectivity index (χ0n) is 14.3. The quantitative estimate of drug-likeness (QED) is 0.910. The van der Waals surface area contributed by atoms with Crippen molar-refractivity contribution in [1.82, 2.24) is 10.3 Å². The van der Waals surface area contributed by atoms with Crippen molar-refractivity contribution in [3.8, 4) is 5.75 Å². The highest BCUT2D eigenvalue weighted by Crippen LogP contribution is 2.24. The lowest BCUT2D eigenvalue weighted by molar-refractivity contribution is 0.0587. The number of carbonyl (C=O) groups excluding carboxylic acids is 1. The molecule has 0 aliphatic carbocycles. The second kappa shape index (κ2) is 6.54. The van der Waals surface area contributed by atoms with Gasteiger partial charge in [0.15, 0.2) is 0 Å². The van der Waals surface area contributed by atoms with Crippen LogP contribution in [0.5, 0.6) is 5.75 Å².